The van der Waals surface area contributed by atoms with Crippen LogP contribution in [0.1, 0.15) is 49.4 Å². The number of rotatable bonds is 4. The number of carbonyl (C=O) groups is 1. The van der Waals surface area contributed by atoms with Gasteiger partial charge in [-0.25, -0.2) is 0 Å². The van der Waals surface area contributed by atoms with Gasteiger partial charge in [0.2, 0.25) is 5.13 Å². The van der Waals surface area contributed by atoms with Crippen LogP contribution in [-0.4, -0.2) is 58.2 Å². The van der Waals surface area contributed by atoms with E-state index >= 15 is 0 Å². The summed E-state index contributed by atoms with van der Waals surface area (Å²) in [6, 6.07) is 5.75. The molecule has 0 saturated carbocycles. The summed E-state index contributed by atoms with van der Waals surface area (Å²) in [6.07, 6.45) is 6.43. The Morgan fingerprint density at radius 2 is 1.85 bits per heavy atom. The molecule has 0 spiro atoms. The Morgan fingerprint density at radius 1 is 1.11 bits per heavy atom. The van der Waals surface area contributed by atoms with Gasteiger partial charge in [0.25, 0.3) is 0 Å². The topological polar surface area (TPSA) is 69.6 Å². The Balaban J connectivity index is 1.43. The smallest absolute Gasteiger partial charge is 0.208 e. The van der Waals surface area contributed by atoms with E-state index in [1.54, 1.807) is 29.5 Å². The van der Waals surface area contributed by atoms with Crippen molar-refractivity contribution in [3.8, 4) is 16.3 Å². The average Bonchev–Trinajstić information content (AvgIpc) is 3.19. The van der Waals surface area contributed by atoms with Crippen molar-refractivity contribution in [2.75, 3.05) is 31.1 Å². The molecule has 144 valence electrons. The van der Waals surface area contributed by atoms with E-state index in [2.05, 4.69) is 20.0 Å². The first-order valence-electron chi connectivity index (χ1n) is 9.78. The molecule has 0 atom stereocenters. The zero-order valence-electron chi connectivity index (χ0n) is 15.7. The summed E-state index contributed by atoms with van der Waals surface area (Å²) in [5.74, 6) is -0.144. The fraction of sp³-hybridized carbons (Fsp3) is 0.550. The highest BCUT2D eigenvalue weighted by Gasteiger charge is 2.27. The number of Topliss-reactive ketones (excluding diaryl/α,β-unsaturated/α-hetero) is 1. The highest BCUT2D eigenvalue weighted by molar-refractivity contribution is 7.18. The Kier molecular flexibility index (Phi) is 5.41. The number of phenolic OH excluding ortho intramolecular Hbond substituents is 1. The van der Waals surface area contributed by atoms with Crippen LogP contribution in [0.3, 0.4) is 0 Å². The molecule has 0 aliphatic carbocycles. The molecule has 1 N–H and O–H groups in total. The molecule has 27 heavy (non-hydrogen) atoms. The first-order valence-corrected chi connectivity index (χ1v) is 10.6. The molecular weight excluding hydrogens is 360 g/mol. The molecule has 3 heterocycles. The van der Waals surface area contributed by atoms with Gasteiger partial charge in [0.05, 0.1) is 5.56 Å². The number of benzene rings is 1. The van der Waals surface area contributed by atoms with Crippen molar-refractivity contribution in [3.63, 3.8) is 0 Å². The van der Waals surface area contributed by atoms with Crippen molar-refractivity contribution in [3.05, 3.63) is 23.8 Å². The van der Waals surface area contributed by atoms with Crippen LogP contribution in [0.4, 0.5) is 5.13 Å². The Labute approximate surface area is 163 Å². The van der Waals surface area contributed by atoms with Crippen molar-refractivity contribution < 1.29 is 9.90 Å². The van der Waals surface area contributed by atoms with Crippen LogP contribution in [0.15, 0.2) is 18.2 Å². The molecule has 0 amide bonds. The summed E-state index contributed by atoms with van der Waals surface area (Å²) in [5, 5.41) is 20.3. The van der Waals surface area contributed by atoms with E-state index in [4.69, 9.17) is 0 Å². The molecule has 0 unspecified atom stereocenters. The van der Waals surface area contributed by atoms with Crippen LogP contribution in [0.5, 0.6) is 5.75 Å². The first-order chi connectivity index (χ1) is 13.1. The number of aromatic nitrogens is 2. The molecule has 2 aliphatic heterocycles. The normalized spacial score (nSPS) is 19.4. The molecule has 2 fully saturated rings. The van der Waals surface area contributed by atoms with Gasteiger partial charge in [-0.2, -0.15) is 0 Å². The summed E-state index contributed by atoms with van der Waals surface area (Å²) in [4.78, 5) is 16.7. The van der Waals surface area contributed by atoms with Gasteiger partial charge in [0.15, 0.2) is 5.78 Å². The zero-order valence-corrected chi connectivity index (χ0v) is 16.5. The second-order valence-electron chi connectivity index (χ2n) is 7.49. The minimum absolute atomic E-state index is 0.00998. The lowest BCUT2D eigenvalue weighted by molar-refractivity contribution is 0.101. The van der Waals surface area contributed by atoms with Gasteiger partial charge in [-0.1, -0.05) is 17.8 Å². The number of hydrogen-bond donors (Lipinski definition) is 1. The first kappa shape index (κ1) is 18.4. The fourth-order valence-corrected chi connectivity index (χ4v) is 5.01. The SMILES string of the molecule is CC(=O)c1cc(-c2nnc(N3CCC(N4CCCCC4)CC3)s2)ccc1O. The molecule has 7 heteroatoms. The third kappa shape index (κ3) is 3.99. The number of nitrogens with zero attached hydrogens (tertiary/aromatic N) is 4. The summed E-state index contributed by atoms with van der Waals surface area (Å²) >= 11 is 1.55. The van der Waals surface area contributed by atoms with Crippen molar-refractivity contribution in [1.29, 1.82) is 0 Å². The number of piperidine rings is 2. The summed E-state index contributed by atoms with van der Waals surface area (Å²) in [5.41, 5.74) is 1.15. The fourth-order valence-electron chi connectivity index (χ4n) is 4.12. The molecule has 2 saturated heterocycles. The van der Waals surface area contributed by atoms with Crippen molar-refractivity contribution in [2.24, 2.45) is 0 Å². The molecule has 4 rings (SSSR count). The summed E-state index contributed by atoms with van der Waals surface area (Å²) < 4.78 is 0. The van der Waals surface area contributed by atoms with Crippen LogP contribution in [-0.2, 0) is 0 Å². The van der Waals surface area contributed by atoms with Gasteiger partial charge in [0, 0.05) is 24.7 Å². The monoisotopic (exact) mass is 386 g/mol. The third-order valence-corrected chi connectivity index (χ3v) is 6.71. The van der Waals surface area contributed by atoms with E-state index in [0.29, 0.717) is 11.6 Å². The Morgan fingerprint density at radius 3 is 2.56 bits per heavy atom. The predicted molar refractivity (Wildman–Crippen MR) is 108 cm³/mol. The number of hydrogen-bond acceptors (Lipinski definition) is 7. The lowest BCUT2D eigenvalue weighted by atomic mass is 10.0. The number of aromatic hydroxyl groups is 1. The largest absolute Gasteiger partial charge is 0.507 e. The number of likely N-dealkylation sites (tertiary alicyclic amines) is 1. The molecular formula is C20H26N4O2S. The van der Waals surface area contributed by atoms with Crippen molar-refractivity contribution >= 4 is 22.3 Å². The predicted octanol–water partition coefficient (Wildman–Crippen LogP) is 3.57. The standard InChI is InChI=1S/C20H26N4O2S/c1-14(25)17-13-15(5-6-18(17)26)19-21-22-20(27-19)24-11-7-16(8-12-24)23-9-3-2-4-10-23/h5-6,13,16,26H,2-4,7-12H2,1H3. The molecule has 2 aliphatic rings. The van der Waals surface area contributed by atoms with Crippen molar-refractivity contribution in [2.45, 2.75) is 45.1 Å². The minimum atomic E-state index is -0.154. The van der Waals surface area contributed by atoms with Gasteiger partial charge in [-0.3, -0.25) is 4.79 Å². The second kappa shape index (κ2) is 7.94. The number of carbonyl (C=O) groups excluding carboxylic acids is 1. The molecule has 1 aromatic carbocycles. The van der Waals surface area contributed by atoms with E-state index in [1.165, 1.54) is 52.1 Å². The number of phenols is 1. The van der Waals surface area contributed by atoms with E-state index < -0.39 is 0 Å². The van der Waals surface area contributed by atoms with Gasteiger partial charge in [0.1, 0.15) is 10.8 Å². The maximum atomic E-state index is 11.7. The van der Waals surface area contributed by atoms with Gasteiger partial charge in [-0.05, 0) is 63.9 Å². The summed E-state index contributed by atoms with van der Waals surface area (Å²) in [6.45, 7) is 6.00. The maximum Gasteiger partial charge on any atom is 0.208 e. The zero-order chi connectivity index (χ0) is 18.8. The van der Waals surface area contributed by atoms with E-state index in [0.717, 1.165) is 28.8 Å². The van der Waals surface area contributed by atoms with Crippen LogP contribution >= 0.6 is 11.3 Å². The number of anilines is 1. The highest BCUT2D eigenvalue weighted by atomic mass is 32.1. The van der Waals surface area contributed by atoms with Crippen LogP contribution in [0.25, 0.3) is 10.6 Å². The van der Waals surface area contributed by atoms with E-state index in [1.807, 2.05) is 0 Å². The molecule has 0 radical (unpaired) electrons. The number of ketones is 1. The van der Waals surface area contributed by atoms with Crippen LogP contribution in [0, 0.1) is 0 Å². The van der Waals surface area contributed by atoms with E-state index in [9.17, 15) is 9.90 Å². The highest BCUT2D eigenvalue weighted by Crippen LogP contribution is 2.33. The lowest BCUT2D eigenvalue weighted by Gasteiger charge is -2.40. The Hall–Kier alpha value is -1.99. The third-order valence-electron chi connectivity index (χ3n) is 5.68. The summed E-state index contributed by atoms with van der Waals surface area (Å²) in [7, 11) is 0. The molecule has 6 nitrogen and oxygen atoms in total. The lowest BCUT2D eigenvalue weighted by Crippen LogP contribution is -2.46. The van der Waals surface area contributed by atoms with Gasteiger partial charge in [-0.15, -0.1) is 10.2 Å². The molecule has 0 bridgehead atoms. The maximum absolute atomic E-state index is 11.7. The molecule has 1 aromatic heterocycles. The van der Waals surface area contributed by atoms with Gasteiger partial charge < -0.3 is 14.9 Å². The van der Waals surface area contributed by atoms with E-state index in [-0.39, 0.29) is 11.5 Å². The Bertz CT molecular complexity index is 808. The second-order valence-corrected chi connectivity index (χ2v) is 8.45. The average molecular weight is 387 g/mol. The van der Waals surface area contributed by atoms with Crippen LogP contribution < -0.4 is 4.90 Å². The van der Waals surface area contributed by atoms with Crippen molar-refractivity contribution in [1.82, 2.24) is 15.1 Å². The van der Waals surface area contributed by atoms with Gasteiger partial charge >= 0.3 is 0 Å². The van der Waals surface area contributed by atoms with Crippen LogP contribution in [0.2, 0.25) is 0 Å². The molecule has 2 aromatic rings. The minimum Gasteiger partial charge on any atom is -0.507 e. The quantitative estimate of drug-likeness (QED) is 0.810.